The molecule has 0 aromatic heterocycles. The Kier molecular flexibility index (Phi) is 2.82. The van der Waals surface area contributed by atoms with Crippen molar-refractivity contribution in [2.45, 2.75) is 32.6 Å². The molecular weight excluding hydrogens is 108 g/mol. The summed E-state index contributed by atoms with van der Waals surface area (Å²) in [4.78, 5) is 0. The zero-order chi connectivity index (χ0) is 6.53. The highest BCUT2D eigenvalue weighted by atomic mass is 14.1. The van der Waals surface area contributed by atoms with Crippen LogP contribution in [-0.4, -0.2) is 0 Å². The number of hydrogen-bond donors (Lipinski definition) is 0. The Morgan fingerprint density at radius 2 is 2.00 bits per heavy atom. The Labute approximate surface area is 58.0 Å². The molecule has 1 fully saturated rings. The van der Waals surface area contributed by atoms with Crippen LogP contribution in [0.4, 0.5) is 0 Å². The zero-order valence-corrected chi connectivity index (χ0v) is 6.14. The van der Waals surface area contributed by atoms with Crippen molar-refractivity contribution < 1.29 is 0 Å². The lowest BCUT2D eigenvalue weighted by molar-refractivity contribution is 0.482. The number of allylic oxidation sites excluding steroid dienone is 2. The molecular formula is C9H15. The van der Waals surface area contributed by atoms with Crippen molar-refractivity contribution in [1.82, 2.24) is 0 Å². The van der Waals surface area contributed by atoms with Gasteiger partial charge in [0.2, 0.25) is 0 Å². The van der Waals surface area contributed by atoms with Gasteiger partial charge in [-0.1, -0.05) is 12.2 Å². The van der Waals surface area contributed by atoms with Gasteiger partial charge in [-0.15, -0.1) is 0 Å². The van der Waals surface area contributed by atoms with Gasteiger partial charge < -0.3 is 0 Å². The maximum atomic E-state index is 2.40. The molecule has 51 valence electrons. The van der Waals surface area contributed by atoms with Crippen molar-refractivity contribution in [1.29, 1.82) is 0 Å². The van der Waals surface area contributed by atoms with Crippen LogP contribution in [0.15, 0.2) is 12.2 Å². The van der Waals surface area contributed by atoms with E-state index in [1.54, 1.807) is 0 Å². The fourth-order valence-corrected chi connectivity index (χ4v) is 1.42. The molecule has 0 heterocycles. The second kappa shape index (κ2) is 3.71. The van der Waals surface area contributed by atoms with E-state index in [1.165, 1.54) is 25.7 Å². The zero-order valence-electron chi connectivity index (χ0n) is 6.14. The van der Waals surface area contributed by atoms with E-state index < -0.39 is 0 Å². The lowest BCUT2D eigenvalue weighted by atomic mass is 9.89. The summed E-state index contributed by atoms with van der Waals surface area (Å²) in [6, 6.07) is 0. The monoisotopic (exact) mass is 123 g/mol. The third kappa shape index (κ3) is 2.21. The molecule has 0 spiro atoms. The molecule has 9 heavy (non-hydrogen) atoms. The summed E-state index contributed by atoms with van der Waals surface area (Å²) in [5, 5.41) is 0. The smallest absolute Gasteiger partial charge is 0.0233 e. The largest absolute Gasteiger partial charge is 0.0914 e. The fraction of sp³-hybridized carbons (Fsp3) is 0.667. The van der Waals surface area contributed by atoms with E-state index in [-0.39, 0.29) is 0 Å². The van der Waals surface area contributed by atoms with Crippen LogP contribution in [0, 0.1) is 12.3 Å². The van der Waals surface area contributed by atoms with Crippen molar-refractivity contribution in [3.05, 3.63) is 18.6 Å². The SMILES string of the molecule is C/C=C\C1CC[CH]CC1. The Morgan fingerprint density at radius 1 is 1.33 bits per heavy atom. The van der Waals surface area contributed by atoms with Crippen LogP contribution in [0.5, 0.6) is 0 Å². The summed E-state index contributed by atoms with van der Waals surface area (Å²) in [5.41, 5.74) is 0. The molecule has 0 aliphatic heterocycles. The Morgan fingerprint density at radius 3 is 2.56 bits per heavy atom. The third-order valence-corrected chi connectivity index (χ3v) is 1.95. The summed E-state index contributed by atoms with van der Waals surface area (Å²) in [5.74, 6) is 0.889. The Hall–Kier alpha value is -0.260. The predicted molar refractivity (Wildman–Crippen MR) is 41.1 cm³/mol. The van der Waals surface area contributed by atoms with Gasteiger partial charge in [0.1, 0.15) is 0 Å². The molecule has 0 heteroatoms. The Bertz CT molecular complexity index is 86.2. The molecule has 1 saturated carbocycles. The van der Waals surface area contributed by atoms with Gasteiger partial charge in [0, 0.05) is 0 Å². The summed E-state index contributed by atoms with van der Waals surface area (Å²) in [7, 11) is 0. The van der Waals surface area contributed by atoms with E-state index in [2.05, 4.69) is 25.5 Å². The van der Waals surface area contributed by atoms with Crippen LogP contribution >= 0.6 is 0 Å². The van der Waals surface area contributed by atoms with Crippen LogP contribution in [0.2, 0.25) is 0 Å². The minimum atomic E-state index is 0.889. The maximum Gasteiger partial charge on any atom is -0.0233 e. The highest BCUT2D eigenvalue weighted by molar-refractivity contribution is 4.90. The Balaban J connectivity index is 2.23. The molecule has 1 radical (unpaired) electrons. The average Bonchev–Trinajstić information content (AvgIpc) is 1.91. The normalized spacial score (nSPS) is 23.2. The molecule has 0 saturated heterocycles. The molecule has 0 aromatic carbocycles. The van der Waals surface area contributed by atoms with Gasteiger partial charge in [0.15, 0.2) is 0 Å². The van der Waals surface area contributed by atoms with Crippen LogP contribution in [-0.2, 0) is 0 Å². The quantitative estimate of drug-likeness (QED) is 0.470. The molecule has 0 aromatic rings. The van der Waals surface area contributed by atoms with E-state index in [9.17, 15) is 0 Å². The first-order chi connectivity index (χ1) is 4.43. The lowest BCUT2D eigenvalue weighted by Crippen LogP contribution is -2.02. The van der Waals surface area contributed by atoms with Crippen LogP contribution in [0.25, 0.3) is 0 Å². The van der Waals surface area contributed by atoms with Crippen LogP contribution < -0.4 is 0 Å². The van der Waals surface area contributed by atoms with Gasteiger partial charge in [0.25, 0.3) is 0 Å². The van der Waals surface area contributed by atoms with Crippen LogP contribution in [0.1, 0.15) is 32.6 Å². The molecule has 0 amide bonds. The van der Waals surface area contributed by atoms with Gasteiger partial charge in [-0.2, -0.15) is 0 Å². The number of rotatable bonds is 1. The summed E-state index contributed by atoms with van der Waals surface area (Å²) >= 11 is 0. The highest BCUT2D eigenvalue weighted by Crippen LogP contribution is 2.23. The minimum absolute atomic E-state index is 0.889. The van der Waals surface area contributed by atoms with Crippen molar-refractivity contribution in [2.24, 2.45) is 5.92 Å². The average molecular weight is 123 g/mol. The van der Waals surface area contributed by atoms with Crippen LogP contribution in [0.3, 0.4) is 0 Å². The number of hydrogen-bond acceptors (Lipinski definition) is 0. The fourth-order valence-electron chi connectivity index (χ4n) is 1.42. The standard InChI is InChI=1S/C9H15/c1-2-6-9-7-4-3-5-8-9/h2-3,6,9H,4-5,7-8H2,1H3/b6-2-. The molecule has 0 N–H and O–H groups in total. The molecule has 0 atom stereocenters. The molecule has 1 aliphatic rings. The first-order valence-electron chi connectivity index (χ1n) is 3.88. The second-order valence-corrected chi connectivity index (χ2v) is 2.73. The lowest BCUT2D eigenvalue weighted by Gasteiger charge is -2.16. The van der Waals surface area contributed by atoms with Crippen molar-refractivity contribution in [2.75, 3.05) is 0 Å². The summed E-state index contributed by atoms with van der Waals surface area (Å²) in [6.45, 7) is 2.11. The topological polar surface area (TPSA) is 0 Å². The van der Waals surface area contributed by atoms with Gasteiger partial charge in [-0.05, 0) is 44.9 Å². The van der Waals surface area contributed by atoms with E-state index in [4.69, 9.17) is 0 Å². The van der Waals surface area contributed by atoms with E-state index >= 15 is 0 Å². The molecule has 1 aliphatic carbocycles. The van der Waals surface area contributed by atoms with E-state index in [0.29, 0.717) is 0 Å². The first-order valence-corrected chi connectivity index (χ1v) is 3.88. The minimum Gasteiger partial charge on any atom is -0.0914 e. The van der Waals surface area contributed by atoms with Gasteiger partial charge >= 0.3 is 0 Å². The van der Waals surface area contributed by atoms with Gasteiger partial charge in [0.05, 0.1) is 0 Å². The maximum absolute atomic E-state index is 2.40. The van der Waals surface area contributed by atoms with Crippen molar-refractivity contribution >= 4 is 0 Å². The van der Waals surface area contributed by atoms with E-state index in [0.717, 1.165) is 5.92 Å². The van der Waals surface area contributed by atoms with E-state index in [1.807, 2.05) is 0 Å². The molecule has 1 rings (SSSR count). The van der Waals surface area contributed by atoms with Gasteiger partial charge in [-0.25, -0.2) is 0 Å². The van der Waals surface area contributed by atoms with Crippen molar-refractivity contribution in [3.8, 4) is 0 Å². The third-order valence-electron chi connectivity index (χ3n) is 1.95. The second-order valence-electron chi connectivity index (χ2n) is 2.73. The molecule has 0 nitrogen and oxygen atoms in total. The molecule has 0 unspecified atom stereocenters. The van der Waals surface area contributed by atoms with Crippen molar-refractivity contribution in [3.63, 3.8) is 0 Å². The summed E-state index contributed by atoms with van der Waals surface area (Å²) in [6.07, 6.45) is 12.3. The highest BCUT2D eigenvalue weighted by Gasteiger charge is 2.08. The summed E-state index contributed by atoms with van der Waals surface area (Å²) < 4.78 is 0. The van der Waals surface area contributed by atoms with Gasteiger partial charge in [-0.3, -0.25) is 0 Å². The first kappa shape index (κ1) is 6.85. The molecule has 0 bridgehead atoms. The predicted octanol–water partition coefficient (Wildman–Crippen LogP) is 2.96.